The fourth-order valence-electron chi connectivity index (χ4n) is 1.94. The Labute approximate surface area is 57.6 Å². The summed E-state index contributed by atoms with van der Waals surface area (Å²) in [5, 5.41) is 0. The number of hydrogen-bond acceptors (Lipinski definition) is 0. The fourth-order valence-corrected chi connectivity index (χ4v) is 1.94. The Kier molecular flexibility index (Phi) is 1.12. The van der Waals surface area contributed by atoms with Crippen molar-refractivity contribution >= 4 is 0 Å². The summed E-state index contributed by atoms with van der Waals surface area (Å²) in [6.45, 7) is 2.29. The molecular formula is C9H16. The van der Waals surface area contributed by atoms with Gasteiger partial charge in [0.1, 0.15) is 0 Å². The highest BCUT2D eigenvalue weighted by Gasteiger charge is 2.68. The molecule has 0 aromatic carbocycles. The Balaban J connectivity index is 1.58. The molecule has 2 rings (SSSR count). The van der Waals surface area contributed by atoms with E-state index in [1.54, 1.807) is 19.3 Å². The van der Waals surface area contributed by atoms with Crippen LogP contribution in [0.3, 0.4) is 0 Å². The van der Waals surface area contributed by atoms with Crippen LogP contribution < -0.4 is 0 Å². The Bertz CT molecular complexity index is 109. The zero-order valence-corrected chi connectivity index (χ0v) is 6.32. The van der Waals surface area contributed by atoms with Crippen LogP contribution in [0.2, 0.25) is 0 Å². The van der Waals surface area contributed by atoms with Gasteiger partial charge >= 0.3 is 0 Å². The molecule has 0 unspecified atom stereocenters. The largest absolute Gasteiger partial charge is 0.0654 e. The molecule has 0 saturated heterocycles. The van der Waals surface area contributed by atoms with E-state index in [1.165, 1.54) is 25.2 Å². The Morgan fingerprint density at radius 1 is 1.33 bits per heavy atom. The topological polar surface area (TPSA) is 0 Å². The van der Waals surface area contributed by atoms with E-state index < -0.39 is 0 Å². The van der Waals surface area contributed by atoms with Crippen LogP contribution in [0, 0.1) is 11.3 Å². The standard InChI is InChI=1S/C9H16/c1-2-3-4-5-9-6-8(9)7-9/h8H,2-7H2,1H3. The SMILES string of the molecule is CCCCCC12CC1C2. The highest BCUT2D eigenvalue weighted by atomic mass is 14.7. The molecule has 2 fully saturated rings. The molecule has 9 heavy (non-hydrogen) atoms. The lowest BCUT2D eigenvalue weighted by Gasteiger charge is -1.99. The van der Waals surface area contributed by atoms with Gasteiger partial charge in [0.25, 0.3) is 0 Å². The van der Waals surface area contributed by atoms with E-state index in [9.17, 15) is 0 Å². The molecule has 0 aromatic rings. The van der Waals surface area contributed by atoms with Gasteiger partial charge in [-0.15, -0.1) is 0 Å². The van der Waals surface area contributed by atoms with Crippen molar-refractivity contribution in [3.05, 3.63) is 0 Å². The highest BCUT2D eigenvalue weighted by Crippen LogP contribution is 2.77. The van der Waals surface area contributed by atoms with E-state index >= 15 is 0 Å². The summed E-state index contributed by atoms with van der Waals surface area (Å²) in [4.78, 5) is 0. The molecule has 0 aliphatic heterocycles. The zero-order chi connectivity index (χ0) is 6.32. The zero-order valence-electron chi connectivity index (χ0n) is 6.32. The van der Waals surface area contributed by atoms with Gasteiger partial charge in [0.15, 0.2) is 0 Å². The van der Waals surface area contributed by atoms with Gasteiger partial charge in [-0.05, 0) is 30.6 Å². The predicted octanol–water partition coefficient (Wildman–Crippen LogP) is 2.98. The van der Waals surface area contributed by atoms with Gasteiger partial charge in [0, 0.05) is 0 Å². The lowest BCUT2D eigenvalue weighted by atomic mass is 10.1. The average molecular weight is 124 g/mol. The van der Waals surface area contributed by atoms with E-state index in [-0.39, 0.29) is 0 Å². The minimum Gasteiger partial charge on any atom is -0.0654 e. The summed E-state index contributed by atoms with van der Waals surface area (Å²) in [6.07, 6.45) is 9.11. The second-order valence-corrected chi connectivity index (χ2v) is 3.92. The van der Waals surface area contributed by atoms with E-state index in [1.807, 2.05) is 0 Å². The van der Waals surface area contributed by atoms with Crippen LogP contribution in [0.25, 0.3) is 0 Å². The molecule has 0 radical (unpaired) electrons. The molecule has 0 bridgehead atoms. The molecule has 2 aliphatic carbocycles. The smallest absolute Gasteiger partial charge is 0.0263 e. The van der Waals surface area contributed by atoms with Crippen LogP contribution in [0.5, 0.6) is 0 Å². The third kappa shape index (κ3) is 0.889. The molecule has 0 nitrogen and oxygen atoms in total. The van der Waals surface area contributed by atoms with Gasteiger partial charge in [-0.3, -0.25) is 0 Å². The summed E-state index contributed by atoms with van der Waals surface area (Å²) >= 11 is 0. The van der Waals surface area contributed by atoms with Gasteiger partial charge < -0.3 is 0 Å². The van der Waals surface area contributed by atoms with E-state index in [0.717, 1.165) is 5.41 Å². The molecule has 0 heterocycles. The Morgan fingerprint density at radius 3 is 2.44 bits per heavy atom. The third-order valence-electron chi connectivity index (χ3n) is 3.13. The number of rotatable bonds is 4. The maximum atomic E-state index is 2.29. The van der Waals surface area contributed by atoms with Crippen molar-refractivity contribution in [2.24, 2.45) is 11.3 Å². The van der Waals surface area contributed by atoms with E-state index in [2.05, 4.69) is 6.92 Å². The first-order chi connectivity index (χ1) is 4.37. The number of fused-ring (bicyclic) bond motifs is 1. The first-order valence-electron chi connectivity index (χ1n) is 4.37. The van der Waals surface area contributed by atoms with Crippen LogP contribution in [-0.4, -0.2) is 0 Å². The van der Waals surface area contributed by atoms with Gasteiger partial charge in [0.2, 0.25) is 0 Å². The molecule has 2 aliphatic rings. The Hall–Kier alpha value is 0. The fraction of sp³-hybridized carbons (Fsp3) is 1.00. The quantitative estimate of drug-likeness (QED) is 0.505. The molecule has 0 spiro atoms. The summed E-state index contributed by atoms with van der Waals surface area (Å²) in [5.41, 5.74) is 0.967. The summed E-state index contributed by atoms with van der Waals surface area (Å²) < 4.78 is 0. The number of unbranched alkanes of at least 4 members (excludes halogenated alkanes) is 2. The minimum absolute atomic E-state index is 0.967. The van der Waals surface area contributed by atoms with E-state index in [4.69, 9.17) is 0 Å². The summed E-state index contributed by atoms with van der Waals surface area (Å²) in [7, 11) is 0. The monoisotopic (exact) mass is 124 g/mol. The lowest BCUT2D eigenvalue weighted by molar-refractivity contribution is 0.534. The molecule has 0 amide bonds. The first kappa shape index (κ1) is 5.76. The second kappa shape index (κ2) is 1.74. The summed E-state index contributed by atoms with van der Waals surface area (Å²) in [5.74, 6) is 1.22. The van der Waals surface area contributed by atoms with Gasteiger partial charge in [-0.25, -0.2) is 0 Å². The van der Waals surface area contributed by atoms with Gasteiger partial charge in [-0.1, -0.05) is 26.2 Å². The van der Waals surface area contributed by atoms with Crippen molar-refractivity contribution < 1.29 is 0 Å². The molecule has 0 aromatic heterocycles. The van der Waals surface area contributed by atoms with Crippen LogP contribution in [0.1, 0.15) is 45.4 Å². The average Bonchev–Trinajstić information content (AvgIpc) is 2.54. The molecule has 0 atom stereocenters. The van der Waals surface area contributed by atoms with Crippen molar-refractivity contribution in [1.29, 1.82) is 0 Å². The molecule has 52 valence electrons. The maximum absolute atomic E-state index is 2.29. The molecular weight excluding hydrogens is 108 g/mol. The number of hydrogen-bond donors (Lipinski definition) is 0. The Morgan fingerprint density at radius 2 is 2.00 bits per heavy atom. The van der Waals surface area contributed by atoms with Crippen molar-refractivity contribution in [3.63, 3.8) is 0 Å². The van der Waals surface area contributed by atoms with Crippen LogP contribution in [-0.2, 0) is 0 Å². The second-order valence-electron chi connectivity index (χ2n) is 3.92. The summed E-state index contributed by atoms with van der Waals surface area (Å²) in [6, 6.07) is 0. The van der Waals surface area contributed by atoms with Crippen molar-refractivity contribution in [1.82, 2.24) is 0 Å². The lowest BCUT2D eigenvalue weighted by Crippen LogP contribution is -1.85. The van der Waals surface area contributed by atoms with Gasteiger partial charge in [0.05, 0.1) is 0 Å². The predicted molar refractivity (Wildman–Crippen MR) is 39.3 cm³/mol. The van der Waals surface area contributed by atoms with Crippen LogP contribution in [0.4, 0.5) is 0 Å². The first-order valence-corrected chi connectivity index (χ1v) is 4.37. The third-order valence-corrected chi connectivity index (χ3v) is 3.13. The van der Waals surface area contributed by atoms with E-state index in [0.29, 0.717) is 0 Å². The van der Waals surface area contributed by atoms with Crippen molar-refractivity contribution in [3.8, 4) is 0 Å². The molecule has 0 heteroatoms. The van der Waals surface area contributed by atoms with Crippen LogP contribution >= 0.6 is 0 Å². The molecule has 2 saturated carbocycles. The highest BCUT2D eigenvalue weighted by molar-refractivity contribution is 5.17. The minimum atomic E-state index is 0.967. The van der Waals surface area contributed by atoms with Gasteiger partial charge in [-0.2, -0.15) is 0 Å². The molecule has 0 N–H and O–H groups in total. The normalized spacial score (nSPS) is 44.3. The van der Waals surface area contributed by atoms with Crippen LogP contribution in [0.15, 0.2) is 0 Å². The maximum Gasteiger partial charge on any atom is -0.0263 e. The van der Waals surface area contributed by atoms with Crippen molar-refractivity contribution in [2.45, 2.75) is 45.4 Å². The van der Waals surface area contributed by atoms with Crippen molar-refractivity contribution in [2.75, 3.05) is 0 Å².